The maximum Gasteiger partial charge on any atom is 0.417 e. The molecule has 2 saturated heterocycles. The lowest BCUT2D eigenvalue weighted by Gasteiger charge is -2.44. The van der Waals surface area contributed by atoms with Crippen molar-refractivity contribution in [1.82, 2.24) is 30.4 Å². The zero-order valence-corrected chi connectivity index (χ0v) is 43.2. The zero-order valence-electron chi connectivity index (χ0n) is 42.4. The summed E-state index contributed by atoms with van der Waals surface area (Å²) in [6, 6.07) is 15.8. The van der Waals surface area contributed by atoms with E-state index in [1.807, 2.05) is 77.8 Å². The van der Waals surface area contributed by atoms with Crippen LogP contribution in [0.15, 0.2) is 83.2 Å². The van der Waals surface area contributed by atoms with E-state index in [-0.39, 0.29) is 85.6 Å². The summed E-state index contributed by atoms with van der Waals surface area (Å²) in [4.78, 5) is 92.8. The van der Waals surface area contributed by atoms with Crippen molar-refractivity contribution >= 4 is 52.1 Å². The number of nitrogens with one attached hydrogen (secondary N) is 4. The van der Waals surface area contributed by atoms with Crippen molar-refractivity contribution in [2.24, 2.45) is 11.3 Å². The molecule has 4 amide bonds. The number of H-pyrrole nitrogens is 1. The van der Waals surface area contributed by atoms with Gasteiger partial charge < -0.3 is 35.8 Å². The number of amides is 4. The third-order valence-electron chi connectivity index (χ3n) is 13.9. The number of hydrogen-bond acceptors (Lipinski definition) is 11. The molecular weight excluding hydrogens is 981 g/mol. The quantitative estimate of drug-likeness (QED) is 0.0480. The number of ketones is 1. The van der Waals surface area contributed by atoms with E-state index in [0.717, 1.165) is 27.8 Å². The molecule has 2 aliphatic heterocycles. The summed E-state index contributed by atoms with van der Waals surface area (Å²) in [7, 11) is 1.98. The average molecular weight is 1040 g/mol. The van der Waals surface area contributed by atoms with Gasteiger partial charge in [0.05, 0.1) is 44.7 Å². The first-order valence-electron chi connectivity index (χ1n) is 24.5. The van der Waals surface area contributed by atoms with E-state index >= 15 is 4.39 Å². The third kappa shape index (κ3) is 12.9. The van der Waals surface area contributed by atoms with Crippen molar-refractivity contribution in [3.05, 3.63) is 123 Å². The number of carbonyl (C=O) groups is 5. The smallest absolute Gasteiger partial charge is 0.391 e. The lowest BCUT2D eigenvalue weighted by atomic mass is 9.76. The first-order chi connectivity index (χ1) is 34.9. The first-order valence-corrected chi connectivity index (χ1v) is 25.3. The number of nitrogens with zero attached hydrogens (tertiary/aromatic N) is 4. The minimum absolute atomic E-state index is 0.0158. The number of aromatic nitrogens is 2. The van der Waals surface area contributed by atoms with Gasteiger partial charge >= 0.3 is 6.18 Å². The van der Waals surface area contributed by atoms with Gasteiger partial charge in [-0.25, -0.2) is 9.37 Å². The second-order valence-corrected chi connectivity index (χ2v) is 21.2. The van der Waals surface area contributed by atoms with Crippen LogP contribution in [0.3, 0.4) is 0 Å². The van der Waals surface area contributed by atoms with Gasteiger partial charge in [0, 0.05) is 93.4 Å². The highest BCUT2D eigenvalue weighted by atomic mass is 32.1. The Hall–Kier alpha value is -6.77. The van der Waals surface area contributed by atoms with E-state index in [1.165, 1.54) is 23.1 Å². The molecule has 5 atom stereocenters. The summed E-state index contributed by atoms with van der Waals surface area (Å²) in [5, 5.41) is 18.8. The molecule has 5 N–H and O–H groups in total. The standard InChI is InChI=1S/C54H62F4N8O7S/c1-30-26-65(27-31(2)64(30)7)45-17-15-35(20-44(45)63-50(71)40-25-60-47(69)23-41(40)54(56,57)58)39-16-14-36(19-43(39)55)49(70)59-18-8-9-37(67)21-42(53(4,5)6)52(73)66-28-38(68)22-46(66)51(72)61-24-33-10-12-34(13-11-33)48-32(3)62-29-74-48/h10-17,19-20,23,25,29-31,38,42,46,68H,8-9,18,21-22,24,26-28H2,1-7H3,(H,59,70)(H,60,69)(H,61,72)(H,63,71)/t30-,31+,38-,42-,46+/m1/s1. The van der Waals surface area contributed by atoms with E-state index in [2.05, 4.69) is 30.8 Å². The molecule has 15 nitrogen and oxygen atoms in total. The SMILES string of the molecule is Cc1ncsc1-c1ccc(CNC(=O)[C@@H]2C[C@@H](O)CN2C(=O)[C@@H](CC(=O)CCCNC(=O)c2ccc(-c3ccc(N4C[C@@H](C)N(C)[C@@H](C)C4)c(NC(=O)c4c[nH]c(=O)cc4C(F)(F)F)c3)c(F)c2)C(C)(C)C)cc1. The number of aliphatic hydroxyl groups is 1. The van der Waals surface area contributed by atoms with Crippen molar-refractivity contribution in [2.45, 2.75) is 104 Å². The Morgan fingerprint density at radius 3 is 2.23 bits per heavy atom. The van der Waals surface area contributed by atoms with Crippen LogP contribution in [0.1, 0.15) is 97.8 Å². The number of benzene rings is 3. The van der Waals surface area contributed by atoms with Gasteiger partial charge in [-0.2, -0.15) is 13.2 Å². The van der Waals surface area contributed by atoms with Gasteiger partial charge in [-0.15, -0.1) is 11.3 Å². The lowest BCUT2D eigenvalue weighted by molar-refractivity contribution is -0.146. The Balaban J connectivity index is 0.961. The number of Topliss-reactive ketones (excluding diaryl/α,β-unsaturated/α-hetero) is 1. The highest BCUT2D eigenvalue weighted by Gasteiger charge is 2.44. The van der Waals surface area contributed by atoms with Gasteiger partial charge in [0.1, 0.15) is 17.6 Å². The zero-order chi connectivity index (χ0) is 53.8. The fourth-order valence-corrected chi connectivity index (χ4v) is 10.3. The number of likely N-dealkylation sites (tertiary alicyclic amines) is 1. The number of likely N-dealkylation sites (N-methyl/N-ethyl adjacent to an activating group) is 1. The normalized spacial score (nSPS) is 18.8. The number of alkyl halides is 3. The van der Waals surface area contributed by atoms with Crippen molar-refractivity contribution in [3.63, 3.8) is 0 Å². The molecule has 0 radical (unpaired) electrons. The van der Waals surface area contributed by atoms with Crippen LogP contribution >= 0.6 is 11.3 Å². The third-order valence-corrected chi connectivity index (χ3v) is 14.9. The highest BCUT2D eigenvalue weighted by Crippen LogP contribution is 2.38. The van der Waals surface area contributed by atoms with Crippen molar-refractivity contribution in [3.8, 4) is 21.6 Å². The topological polar surface area (TPSA) is 197 Å². The van der Waals surface area contributed by atoms with Gasteiger partial charge in [0.15, 0.2) is 0 Å². The Morgan fingerprint density at radius 1 is 0.905 bits per heavy atom. The number of hydrogen-bond donors (Lipinski definition) is 5. The summed E-state index contributed by atoms with van der Waals surface area (Å²) in [6.07, 6.45) is -5.07. The van der Waals surface area contributed by atoms with Crippen molar-refractivity contribution in [1.29, 1.82) is 0 Å². The molecule has 5 aromatic rings. The Bertz CT molecular complexity index is 2940. The fraction of sp³-hybridized carbons (Fsp3) is 0.426. The summed E-state index contributed by atoms with van der Waals surface area (Å²) in [5.74, 6) is -4.42. The molecule has 0 aliphatic carbocycles. The summed E-state index contributed by atoms with van der Waals surface area (Å²) >= 11 is 1.54. The number of β-amino-alcohol motifs (C(OH)–C–C–N with tert-alkyl or cyclic N) is 1. The Labute approximate surface area is 430 Å². The van der Waals surface area contributed by atoms with Gasteiger partial charge in [-0.1, -0.05) is 57.2 Å². The lowest BCUT2D eigenvalue weighted by Crippen LogP contribution is -2.55. The van der Waals surface area contributed by atoms with Crippen molar-refractivity contribution < 1.29 is 46.6 Å². The van der Waals surface area contributed by atoms with E-state index in [0.29, 0.717) is 31.0 Å². The maximum absolute atomic E-state index is 16.0. The molecule has 2 fully saturated rings. The second-order valence-electron chi connectivity index (χ2n) is 20.4. The molecule has 0 saturated carbocycles. The Morgan fingerprint density at radius 2 is 1.59 bits per heavy atom. The van der Waals surface area contributed by atoms with Gasteiger partial charge in [0.25, 0.3) is 11.8 Å². The fourth-order valence-electron chi connectivity index (χ4n) is 9.50. The predicted molar refractivity (Wildman–Crippen MR) is 275 cm³/mol. The molecule has 0 bridgehead atoms. The molecular formula is C54H62F4N8O7S. The summed E-state index contributed by atoms with van der Waals surface area (Å²) < 4.78 is 57.9. The van der Waals surface area contributed by atoms with Gasteiger partial charge in [0.2, 0.25) is 17.4 Å². The summed E-state index contributed by atoms with van der Waals surface area (Å²) in [6.45, 7) is 12.7. The molecule has 3 aromatic carbocycles. The van der Waals surface area contributed by atoms with Crippen molar-refractivity contribution in [2.75, 3.05) is 43.4 Å². The summed E-state index contributed by atoms with van der Waals surface area (Å²) in [5.41, 5.74) is 1.50. The van der Waals surface area contributed by atoms with Gasteiger partial charge in [-0.3, -0.25) is 33.7 Å². The minimum atomic E-state index is -5.01. The number of anilines is 2. The van der Waals surface area contributed by atoms with Crippen LogP contribution in [-0.4, -0.2) is 112 Å². The number of thiazole rings is 1. The molecule has 0 unspecified atom stereocenters. The second kappa shape index (κ2) is 22.8. The van der Waals surface area contributed by atoms with Crippen LogP contribution in [-0.2, 0) is 27.1 Å². The largest absolute Gasteiger partial charge is 0.417 e. The van der Waals surface area contributed by atoms with E-state index in [4.69, 9.17) is 0 Å². The molecule has 74 heavy (non-hydrogen) atoms. The number of halogens is 4. The molecule has 2 aliphatic rings. The molecule has 2 aromatic heterocycles. The number of piperazine rings is 1. The van der Waals surface area contributed by atoms with Crippen LogP contribution in [0, 0.1) is 24.1 Å². The van der Waals surface area contributed by atoms with E-state index in [9.17, 15) is 47.0 Å². The maximum atomic E-state index is 16.0. The molecule has 0 spiro atoms. The van der Waals surface area contributed by atoms with Crippen LogP contribution in [0.4, 0.5) is 28.9 Å². The number of aromatic amines is 1. The number of aryl methyl sites for hydroxylation is 1. The molecule has 4 heterocycles. The van der Waals surface area contributed by atoms with Gasteiger partial charge in [-0.05, 0) is 80.6 Å². The number of rotatable bonds is 16. The van der Waals surface area contributed by atoms with Crippen LogP contribution in [0.25, 0.3) is 21.6 Å². The first kappa shape index (κ1) is 55.0. The molecule has 7 rings (SSSR count). The van der Waals surface area contributed by atoms with Crippen LogP contribution in [0.2, 0.25) is 0 Å². The predicted octanol–water partition coefficient (Wildman–Crippen LogP) is 7.82. The molecule has 20 heteroatoms. The minimum Gasteiger partial charge on any atom is -0.391 e. The highest BCUT2D eigenvalue weighted by molar-refractivity contribution is 7.13. The number of pyridine rings is 1. The molecule has 394 valence electrons. The number of aliphatic hydroxyl groups excluding tert-OH is 1. The van der Waals surface area contributed by atoms with E-state index < -0.39 is 75.8 Å². The van der Waals surface area contributed by atoms with E-state index in [1.54, 1.807) is 29.0 Å². The van der Waals surface area contributed by atoms with Crippen LogP contribution < -0.4 is 26.4 Å². The van der Waals surface area contributed by atoms with Crippen LogP contribution in [0.5, 0.6) is 0 Å². The Kier molecular flexibility index (Phi) is 16.9. The average Bonchev–Trinajstić information content (AvgIpc) is 3.97. The number of carbonyl (C=O) groups excluding carboxylic acids is 5. The monoisotopic (exact) mass is 1040 g/mol.